The lowest BCUT2D eigenvalue weighted by Gasteiger charge is -2.25. The molecule has 2 saturated heterocycles. The van der Waals surface area contributed by atoms with Crippen molar-refractivity contribution in [1.29, 1.82) is 0 Å². The second-order valence-electron chi connectivity index (χ2n) is 8.62. The second-order valence-corrected chi connectivity index (χ2v) is 9.57. The molecule has 2 N–H and O–H groups in total. The van der Waals surface area contributed by atoms with Gasteiger partial charge < -0.3 is 19.9 Å². The minimum Gasteiger partial charge on any atom is -0.497 e. The topological polar surface area (TPSA) is 103 Å². The Kier molecular flexibility index (Phi) is 8.36. The normalized spacial score (nSPS) is 18.8. The van der Waals surface area contributed by atoms with E-state index in [4.69, 9.17) is 4.74 Å². The molecule has 4 rings (SSSR count). The average molecular weight is 498 g/mol. The summed E-state index contributed by atoms with van der Waals surface area (Å²) < 4.78 is 5.21. The second kappa shape index (κ2) is 11.8. The third-order valence-corrected chi connectivity index (χ3v) is 7.02. The number of guanidine groups is 1. The lowest BCUT2D eigenvalue weighted by atomic mass is 10.1. The van der Waals surface area contributed by atoms with Gasteiger partial charge in [0, 0.05) is 25.3 Å². The molecule has 186 valence electrons. The van der Waals surface area contributed by atoms with Crippen molar-refractivity contribution in [3.63, 3.8) is 0 Å². The number of hydrogen-bond donors (Lipinski definition) is 2. The van der Waals surface area contributed by atoms with Gasteiger partial charge in [-0.15, -0.1) is 11.3 Å². The highest BCUT2D eigenvalue weighted by molar-refractivity contribution is 7.12. The van der Waals surface area contributed by atoms with Crippen LogP contribution in [0.1, 0.15) is 41.8 Å². The molecule has 3 heterocycles. The molecule has 2 aliphatic rings. The van der Waals surface area contributed by atoms with Gasteiger partial charge >= 0.3 is 0 Å². The number of carbonyl (C=O) groups excluding carboxylic acids is 3. The molecule has 2 fully saturated rings. The molecule has 0 aliphatic carbocycles. The average Bonchev–Trinajstić information content (AvgIpc) is 3.57. The van der Waals surface area contributed by atoms with Gasteiger partial charge in [-0.2, -0.15) is 0 Å². The van der Waals surface area contributed by atoms with Gasteiger partial charge in [0.25, 0.3) is 5.91 Å². The maximum atomic E-state index is 13.4. The molecule has 2 aliphatic heterocycles. The molecule has 0 spiro atoms. The number of methoxy groups -OCH3 is 1. The smallest absolute Gasteiger partial charge is 0.268 e. The lowest BCUT2D eigenvalue weighted by Crippen LogP contribution is -2.45. The fraction of sp³-hybridized carbons (Fsp3) is 0.440. The molecular formula is C25H31N5O4S. The molecule has 1 atom stereocenters. The predicted octanol–water partition coefficient (Wildman–Crippen LogP) is 2.96. The third-order valence-electron chi connectivity index (χ3n) is 6.15. The maximum absolute atomic E-state index is 13.4. The van der Waals surface area contributed by atoms with E-state index in [9.17, 15) is 14.4 Å². The summed E-state index contributed by atoms with van der Waals surface area (Å²) in [7, 11) is 1.59. The van der Waals surface area contributed by atoms with Crippen LogP contribution in [0.5, 0.6) is 5.75 Å². The first-order valence-electron chi connectivity index (χ1n) is 11.9. The van der Waals surface area contributed by atoms with E-state index in [0.29, 0.717) is 29.3 Å². The van der Waals surface area contributed by atoms with E-state index in [1.165, 1.54) is 11.3 Å². The minimum atomic E-state index is -0.687. The molecule has 1 unspecified atom stereocenters. The van der Waals surface area contributed by atoms with Crippen LogP contribution < -0.4 is 15.4 Å². The van der Waals surface area contributed by atoms with E-state index in [2.05, 4.69) is 15.6 Å². The molecule has 35 heavy (non-hydrogen) atoms. The first-order valence-corrected chi connectivity index (χ1v) is 12.8. The first-order chi connectivity index (χ1) is 17.0. The Labute approximate surface area is 209 Å². The number of hydrogen-bond acceptors (Lipinski definition) is 6. The van der Waals surface area contributed by atoms with Crippen molar-refractivity contribution in [1.82, 2.24) is 15.1 Å². The van der Waals surface area contributed by atoms with Crippen molar-refractivity contribution in [2.24, 2.45) is 4.99 Å². The van der Waals surface area contributed by atoms with E-state index >= 15 is 0 Å². The van der Waals surface area contributed by atoms with E-state index in [-0.39, 0.29) is 30.2 Å². The predicted molar refractivity (Wildman–Crippen MR) is 136 cm³/mol. The van der Waals surface area contributed by atoms with Crippen LogP contribution in [0.3, 0.4) is 0 Å². The lowest BCUT2D eigenvalue weighted by molar-refractivity contribution is -0.140. The number of nitrogens with zero attached hydrogens (tertiary/aromatic N) is 3. The number of rotatable bonds is 6. The number of likely N-dealkylation sites (tertiary alicyclic amines) is 2. The number of amides is 3. The van der Waals surface area contributed by atoms with Gasteiger partial charge in [-0.3, -0.25) is 19.7 Å². The van der Waals surface area contributed by atoms with Crippen molar-refractivity contribution in [3.8, 4) is 5.75 Å². The molecule has 9 nitrogen and oxygen atoms in total. The zero-order chi connectivity index (χ0) is 24.6. The molecule has 0 bridgehead atoms. The Hall–Kier alpha value is -3.40. The van der Waals surface area contributed by atoms with Crippen molar-refractivity contribution in [2.45, 2.75) is 38.1 Å². The highest BCUT2D eigenvalue weighted by Gasteiger charge is 2.30. The summed E-state index contributed by atoms with van der Waals surface area (Å²) in [5.74, 6) is 0.396. The number of ether oxygens (including phenoxy) is 1. The zero-order valence-electron chi connectivity index (χ0n) is 19.9. The third kappa shape index (κ3) is 6.60. The number of benzene rings is 1. The standard InChI is InChI=1S/C25H31N5O4S/c1-34-19-11-9-18(10-12-19)26-25(28-23(32)21-8-6-16-35-21)27-20-7-2-3-15-30(24(20)33)17-22(31)29-13-4-5-14-29/h6,8-12,16,20H,2-5,7,13-15,17H2,1H3,(H2,26,27,28,32). The first kappa shape index (κ1) is 24.7. The number of carbonyl (C=O) groups is 3. The van der Waals surface area contributed by atoms with Crippen LogP contribution in [0, 0.1) is 0 Å². The minimum absolute atomic E-state index is 0.0111. The fourth-order valence-corrected chi connectivity index (χ4v) is 4.85. The maximum Gasteiger partial charge on any atom is 0.268 e. The van der Waals surface area contributed by atoms with Crippen molar-refractivity contribution < 1.29 is 19.1 Å². The number of aliphatic imine (C=N–C) groups is 1. The quantitative estimate of drug-likeness (QED) is 0.472. The summed E-state index contributed by atoms with van der Waals surface area (Å²) in [6.07, 6.45) is 4.20. The van der Waals surface area contributed by atoms with E-state index in [1.54, 1.807) is 36.3 Å². The molecule has 2 aromatic rings. The van der Waals surface area contributed by atoms with Gasteiger partial charge in [0.15, 0.2) is 0 Å². The molecule has 3 amide bonds. The van der Waals surface area contributed by atoms with Crippen LogP contribution in [0.2, 0.25) is 0 Å². The van der Waals surface area contributed by atoms with Crippen molar-refractivity contribution in [3.05, 3.63) is 46.7 Å². The zero-order valence-corrected chi connectivity index (χ0v) is 20.7. The highest BCUT2D eigenvalue weighted by atomic mass is 32.1. The Morgan fingerprint density at radius 3 is 2.51 bits per heavy atom. The molecule has 10 heteroatoms. The summed E-state index contributed by atoms with van der Waals surface area (Å²) >= 11 is 1.32. The van der Waals surface area contributed by atoms with Crippen molar-refractivity contribution >= 4 is 40.7 Å². The number of thiophene rings is 1. The van der Waals surface area contributed by atoms with Crippen LogP contribution in [-0.2, 0) is 9.59 Å². The van der Waals surface area contributed by atoms with Crippen LogP contribution in [0.25, 0.3) is 0 Å². The van der Waals surface area contributed by atoms with Gasteiger partial charge in [-0.1, -0.05) is 6.07 Å². The molecule has 1 aromatic heterocycles. The van der Waals surface area contributed by atoms with Crippen LogP contribution >= 0.6 is 11.3 Å². The van der Waals surface area contributed by atoms with E-state index < -0.39 is 6.04 Å². The molecular weight excluding hydrogens is 466 g/mol. The summed E-state index contributed by atoms with van der Waals surface area (Å²) in [6.45, 7) is 2.13. The Morgan fingerprint density at radius 2 is 1.83 bits per heavy atom. The summed E-state index contributed by atoms with van der Waals surface area (Å²) in [5, 5.41) is 7.78. The van der Waals surface area contributed by atoms with E-state index in [0.717, 1.165) is 38.8 Å². The van der Waals surface area contributed by atoms with Crippen molar-refractivity contribution in [2.75, 3.05) is 38.6 Å². The Bertz CT molecular complexity index is 1050. The van der Waals surface area contributed by atoms with Crippen LogP contribution in [-0.4, -0.2) is 72.8 Å². The largest absolute Gasteiger partial charge is 0.497 e. The van der Waals surface area contributed by atoms with Gasteiger partial charge in [0.1, 0.15) is 11.8 Å². The van der Waals surface area contributed by atoms with Gasteiger partial charge in [-0.05, 0) is 67.8 Å². The summed E-state index contributed by atoms with van der Waals surface area (Å²) in [5.41, 5.74) is 0.693. The Balaban J connectivity index is 1.53. The van der Waals surface area contributed by atoms with Crippen LogP contribution in [0.15, 0.2) is 46.8 Å². The Morgan fingerprint density at radius 1 is 1.09 bits per heavy atom. The molecule has 1 aromatic carbocycles. The number of nitrogens with one attached hydrogen (secondary N) is 2. The van der Waals surface area contributed by atoms with Crippen LogP contribution in [0.4, 0.5) is 5.69 Å². The summed E-state index contributed by atoms with van der Waals surface area (Å²) in [6, 6.07) is 10.1. The molecule has 0 radical (unpaired) electrons. The highest BCUT2D eigenvalue weighted by Crippen LogP contribution is 2.19. The van der Waals surface area contributed by atoms with Gasteiger partial charge in [0.2, 0.25) is 17.8 Å². The fourth-order valence-electron chi connectivity index (χ4n) is 4.23. The van der Waals surface area contributed by atoms with Gasteiger partial charge in [0.05, 0.1) is 18.5 Å². The number of anilines is 1. The monoisotopic (exact) mass is 497 g/mol. The SMILES string of the molecule is COc1ccc(NC(=NC2CCCCN(CC(=O)N3CCCC3)C2=O)NC(=O)c2cccs2)cc1. The molecule has 0 saturated carbocycles. The van der Waals surface area contributed by atoms with E-state index in [1.807, 2.05) is 22.4 Å². The summed E-state index contributed by atoms with van der Waals surface area (Å²) in [4.78, 5) is 47.5. The van der Waals surface area contributed by atoms with Gasteiger partial charge in [-0.25, -0.2) is 4.99 Å².